The number of nitrogens with zero attached hydrogens (tertiary/aromatic N) is 2. The van der Waals surface area contributed by atoms with Crippen LogP contribution >= 0.6 is 15.9 Å². The van der Waals surface area contributed by atoms with Crippen LogP contribution in [0.5, 0.6) is 5.75 Å². The van der Waals surface area contributed by atoms with E-state index in [2.05, 4.69) is 70.3 Å². The molecule has 0 radical (unpaired) electrons. The predicted molar refractivity (Wildman–Crippen MR) is 103 cm³/mol. The van der Waals surface area contributed by atoms with Crippen molar-refractivity contribution < 1.29 is 4.74 Å². The van der Waals surface area contributed by atoms with Crippen molar-refractivity contribution in [3.63, 3.8) is 0 Å². The lowest BCUT2D eigenvalue weighted by atomic mass is 9.94. The molecule has 128 valence electrons. The lowest BCUT2D eigenvalue weighted by molar-refractivity contribution is -0.114. The van der Waals surface area contributed by atoms with E-state index in [4.69, 9.17) is 9.84 Å². The summed E-state index contributed by atoms with van der Waals surface area (Å²) >= 11 is 3.62. The van der Waals surface area contributed by atoms with Gasteiger partial charge in [0, 0.05) is 29.3 Å². The van der Waals surface area contributed by atoms with E-state index >= 15 is 0 Å². The van der Waals surface area contributed by atoms with Gasteiger partial charge in [-0.25, -0.2) is 5.01 Å². The zero-order valence-electron chi connectivity index (χ0n) is 14.3. The number of aryl methyl sites for hydroxylation is 1. The molecule has 3 nitrogen and oxygen atoms in total. The van der Waals surface area contributed by atoms with Crippen LogP contribution < -0.4 is 4.74 Å². The fraction of sp³-hybridized carbons (Fsp3) is 0.381. The molecule has 25 heavy (non-hydrogen) atoms. The van der Waals surface area contributed by atoms with Crippen molar-refractivity contribution in [1.82, 2.24) is 5.01 Å². The second-order valence-electron chi connectivity index (χ2n) is 7.41. The Kier molecular flexibility index (Phi) is 3.46. The number of ether oxygens (including phenoxy) is 1. The summed E-state index contributed by atoms with van der Waals surface area (Å²) in [5.74, 6) is 1.03. The summed E-state index contributed by atoms with van der Waals surface area (Å²) in [5, 5.41) is 7.37. The molecule has 2 heterocycles. The first-order valence-corrected chi connectivity index (χ1v) is 9.86. The van der Waals surface area contributed by atoms with Crippen molar-refractivity contribution in [2.75, 3.05) is 0 Å². The molecule has 1 saturated carbocycles. The highest BCUT2D eigenvalue weighted by atomic mass is 79.9. The maximum atomic E-state index is 6.55. The third kappa shape index (κ3) is 2.42. The first kappa shape index (κ1) is 15.4. The van der Waals surface area contributed by atoms with Crippen LogP contribution in [0.15, 0.2) is 52.0 Å². The van der Waals surface area contributed by atoms with E-state index in [-0.39, 0.29) is 11.8 Å². The lowest BCUT2D eigenvalue weighted by Gasteiger charge is -2.45. The van der Waals surface area contributed by atoms with E-state index in [1.807, 2.05) is 0 Å². The Morgan fingerprint density at radius 2 is 1.88 bits per heavy atom. The van der Waals surface area contributed by atoms with Gasteiger partial charge in [-0.15, -0.1) is 0 Å². The molecule has 1 aliphatic carbocycles. The molecule has 0 N–H and O–H groups in total. The molecular weight excluding hydrogens is 376 g/mol. The largest absolute Gasteiger partial charge is 0.466 e. The van der Waals surface area contributed by atoms with Gasteiger partial charge in [0.25, 0.3) is 0 Å². The van der Waals surface area contributed by atoms with Crippen LogP contribution in [0.4, 0.5) is 0 Å². The van der Waals surface area contributed by atoms with Crippen molar-refractivity contribution in [2.45, 2.75) is 50.8 Å². The second kappa shape index (κ2) is 5.60. The maximum absolute atomic E-state index is 6.55. The molecule has 2 aliphatic heterocycles. The number of halogens is 1. The van der Waals surface area contributed by atoms with Gasteiger partial charge < -0.3 is 4.74 Å². The summed E-state index contributed by atoms with van der Waals surface area (Å²) in [4.78, 5) is 0. The molecule has 1 atom stereocenters. The van der Waals surface area contributed by atoms with Gasteiger partial charge in [-0.2, -0.15) is 5.10 Å². The van der Waals surface area contributed by atoms with Gasteiger partial charge in [0.05, 0.1) is 11.8 Å². The molecule has 0 bridgehead atoms. The minimum Gasteiger partial charge on any atom is -0.466 e. The van der Waals surface area contributed by atoms with Gasteiger partial charge in [0.2, 0.25) is 0 Å². The number of benzene rings is 2. The van der Waals surface area contributed by atoms with E-state index in [1.54, 1.807) is 0 Å². The molecule has 0 amide bonds. The van der Waals surface area contributed by atoms with E-state index < -0.39 is 0 Å². The molecule has 0 saturated heterocycles. The smallest absolute Gasteiger partial charge is 0.198 e. The highest BCUT2D eigenvalue weighted by Gasteiger charge is 2.51. The van der Waals surface area contributed by atoms with Crippen molar-refractivity contribution in [2.24, 2.45) is 5.10 Å². The monoisotopic (exact) mass is 396 g/mol. The Hall–Kier alpha value is -1.81. The Bertz CT molecular complexity index is 853. The van der Waals surface area contributed by atoms with Crippen molar-refractivity contribution in [3.05, 3.63) is 63.6 Å². The third-order valence-electron chi connectivity index (χ3n) is 5.73. The summed E-state index contributed by atoms with van der Waals surface area (Å²) in [6.45, 7) is 2.12. The molecule has 2 aromatic carbocycles. The van der Waals surface area contributed by atoms with E-state index in [0.29, 0.717) is 0 Å². The Labute approximate surface area is 156 Å². The van der Waals surface area contributed by atoms with Crippen LogP contribution in [0.2, 0.25) is 0 Å². The minimum atomic E-state index is -0.252. The highest BCUT2D eigenvalue weighted by Crippen LogP contribution is 2.52. The summed E-state index contributed by atoms with van der Waals surface area (Å²) in [7, 11) is 0. The second-order valence-corrected chi connectivity index (χ2v) is 8.33. The van der Waals surface area contributed by atoms with Crippen molar-refractivity contribution in [1.29, 1.82) is 0 Å². The molecule has 4 heteroatoms. The molecule has 1 spiro atoms. The first-order chi connectivity index (χ1) is 12.1. The average molecular weight is 397 g/mol. The number of fused-ring (bicyclic) bond motifs is 4. The van der Waals surface area contributed by atoms with Crippen LogP contribution in [0.1, 0.15) is 54.8 Å². The normalized spacial score (nSPS) is 23.2. The first-order valence-electron chi connectivity index (χ1n) is 9.07. The zero-order valence-corrected chi connectivity index (χ0v) is 15.9. The fourth-order valence-electron chi connectivity index (χ4n) is 4.43. The Morgan fingerprint density at radius 1 is 1.12 bits per heavy atom. The maximum Gasteiger partial charge on any atom is 0.198 e. The summed E-state index contributed by atoms with van der Waals surface area (Å²) in [6.07, 6.45) is 5.49. The van der Waals surface area contributed by atoms with Crippen LogP contribution in [0, 0.1) is 6.92 Å². The SMILES string of the molecule is Cc1ccc(C2=NN3[C@@H](C2)c2cc(Br)ccc2OC32CCCC2)cc1. The molecule has 3 aliphatic rings. The number of hydrogen-bond acceptors (Lipinski definition) is 3. The molecule has 2 aromatic rings. The number of hydrazone groups is 1. The van der Waals surface area contributed by atoms with Crippen LogP contribution in [-0.4, -0.2) is 16.4 Å². The van der Waals surface area contributed by atoms with E-state index in [0.717, 1.165) is 29.5 Å². The van der Waals surface area contributed by atoms with Gasteiger partial charge in [-0.1, -0.05) is 45.8 Å². The fourth-order valence-corrected chi connectivity index (χ4v) is 4.81. The number of hydrogen-bond donors (Lipinski definition) is 0. The quantitative estimate of drug-likeness (QED) is 0.628. The summed E-state index contributed by atoms with van der Waals surface area (Å²) in [5.41, 5.74) is 4.68. The Morgan fingerprint density at radius 3 is 2.64 bits per heavy atom. The summed E-state index contributed by atoms with van der Waals surface area (Å²) in [6, 6.07) is 15.4. The van der Waals surface area contributed by atoms with Gasteiger partial charge in [0.15, 0.2) is 5.72 Å². The molecule has 1 fully saturated rings. The van der Waals surface area contributed by atoms with E-state index in [1.165, 1.54) is 35.2 Å². The van der Waals surface area contributed by atoms with Gasteiger partial charge in [0.1, 0.15) is 5.75 Å². The highest BCUT2D eigenvalue weighted by molar-refractivity contribution is 9.10. The predicted octanol–water partition coefficient (Wildman–Crippen LogP) is 5.57. The van der Waals surface area contributed by atoms with Gasteiger partial charge in [-0.3, -0.25) is 0 Å². The van der Waals surface area contributed by atoms with Crippen molar-refractivity contribution in [3.8, 4) is 5.75 Å². The minimum absolute atomic E-state index is 0.252. The van der Waals surface area contributed by atoms with Crippen LogP contribution in [-0.2, 0) is 0 Å². The topological polar surface area (TPSA) is 24.8 Å². The summed E-state index contributed by atoms with van der Waals surface area (Å²) < 4.78 is 7.65. The van der Waals surface area contributed by atoms with E-state index in [9.17, 15) is 0 Å². The number of rotatable bonds is 1. The molecular formula is C21H21BrN2O. The van der Waals surface area contributed by atoms with Crippen LogP contribution in [0.25, 0.3) is 0 Å². The van der Waals surface area contributed by atoms with Crippen molar-refractivity contribution >= 4 is 21.6 Å². The molecule has 0 unspecified atom stereocenters. The molecule has 5 rings (SSSR count). The van der Waals surface area contributed by atoms with Crippen LogP contribution in [0.3, 0.4) is 0 Å². The third-order valence-corrected chi connectivity index (χ3v) is 6.22. The standard InChI is InChI=1S/C21H21BrN2O/c1-14-4-6-15(7-5-14)18-13-19-17-12-16(22)8-9-20(17)25-21(24(19)23-18)10-2-3-11-21/h4-9,12,19H,2-3,10-11,13H2,1H3/t19-/m0/s1. The lowest BCUT2D eigenvalue weighted by Crippen LogP contribution is -2.51. The zero-order chi connectivity index (χ0) is 17.0. The Balaban J connectivity index is 1.60. The average Bonchev–Trinajstić information content (AvgIpc) is 3.25. The van der Waals surface area contributed by atoms with Gasteiger partial charge in [-0.05, 0) is 43.5 Å². The van der Waals surface area contributed by atoms with Gasteiger partial charge >= 0.3 is 0 Å². The molecule has 0 aromatic heterocycles.